The van der Waals surface area contributed by atoms with Gasteiger partial charge in [-0.15, -0.1) is 5.10 Å². The van der Waals surface area contributed by atoms with Crippen molar-refractivity contribution in [1.29, 1.82) is 0 Å². The Labute approximate surface area is 168 Å². The second kappa shape index (κ2) is 8.62. The number of amidine groups is 1. The number of thioether (sulfide) groups is 1. The van der Waals surface area contributed by atoms with Crippen LogP contribution in [0.1, 0.15) is 22.3 Å². The number of nitrogens with zero attached hydrogens (tertiary/aromatic N) is 2. The van der Waals surface area contributed by atoms with Gasteiger partial charge in [0.25, 0.3) is 0 Å². The number of halogens is 2. The van der Waals surface area contributed by atoms with Crippen molar-refractivity contribution in [3.05, 3.63) is 69.2 Å². The van der Waals surface area contributed by atoms with Crippen LogP contribution in [0.25, 0.3) is 0 Å². The first-order chi connectivity index (χ1) is 12.5. The molecule has 0 radical (unpaired) electrons. The quantitative estimate of drug-likeness (QED) is 0.419. The van der Waals surface area contributed by atoms with Crippen molar-refractivity contribution >= 4 is 62.4 Å². The molecule has 1 saturated heterocycles. The summed E-state index contributed by atoms with van der Waals surface area (Å²) in [5, 5.41) is 11.1. The summed E-state index contributed by atoms with van der Waals surface area (Å²) < 4.78 is 0.898. The molecule has 0 saturated carbocycles. The van der Waals surface area contributed by atoms with Crippen molar-refractivity contribution in [1.82, 2.24) is 5.32 Å². The van der Waals surface area contributed by atoms with Gasteiger partial charge >= 0.3 is 0 Å². The van der Waals surface area contributed by atoms with Gasteiger partial charge in [-0.1, -0.05) is 63.6 Å². The predicted molar refractivity (Wildman–Crippen MR) is 109 cm³/mol. The van der Waals surface area contributed by atoms with Crippen LogP contribution >= 0.6 is 39.3 Å². The van der Waals surface area contributed by atoms with E-state index in [1.807, 2.05) is 12.1 Å². The molecule has 1 aliphatic rings. The van der Waals surface area contributed by atoms with E-state index in [-0.39, 0.29) is 18.1 Å². The SMILES string of the molecule is O=C(CC1SC(=NN=Cc2ccc(Cl)cc2)NC1=O)c1ccc(Br)cc1. The van der Waals surface area contributed by atoms with Crippen LogP contribution in [-0.2, 0) is 4.79 Å². The summed E-state index contributed by atoms with van der Waals surface area (Å²) in [6.45, 7) is 0. The number of carbonyl (C=O) groups is 2. The summed E-state index contributed by atoms with van der Waals surface area (Å²) in [5.41, 5.74) is 1.42. The molecule has 1 atom stereocenters. The molecule has 1 amide bonds. The average molecular weight is 451 g/mol. The lowest BCUT2D eigenvalue weighted by Gasteiger charge is -2.04. The Morgan fingerprint density at radius 3 is 2.58 bits per heavy atom. The summed E-state index contributed by atoms with van der Waals surface area (Å²) in [6.07, 6.45) is 1.68. The van der Waals surface area contributed by atoms with Crippen LogP contribution in [0.5, 0.6) is 0 Å². The lowest BCUT2D eigenvalue weighted by Crippen LogP contribution is -2.26. The van der Waals surface area contributed by atoms with E-state index in [0.29, 0.717) is 15.8 Å². The van der Waals surface area contributed by atoms with Gasteiger partial charge in [0.2, 0.25) is 5.91 Å². The second-order valence-electron chi connectivity index (χ2n) is 5.43. The van der Waals surface area contributed by atoms with E-state index < -0.39 is 5.25 Å². The Morgan fingerprint density at radius 2 is 1.88 bits per heavy atom. The molecule has 1 fully saturated rings. The topological polar surface area (TPSA) is 70.9 Å². The van der Waals surface area contributed by atoms with Gasteiger partial charge in [0, 0.05) is 21.5 Å². The highest BCUT2D eigenvalue weighted by molar-refractivity contribution is 9.10. The molecule has 0 aromatic heterocycles. The molecule has 1 aliphatic heterocycles. The third kappa shape index (κ3) is 5.03. The summed E-state index contributed by atoms with van der Waals surface area (Å²) in [7, 11) is 0. The van der Waals surface area contributed by atoms with Gasteiger partial charge in [0.1, 0.15) is 0 Å². The highest BCUT2D eigenvalue weighted by Crippen LogP contribution is 2.24. The van der Waals surface area contributed by atoms with Crippen LogP contribution in [0.2, 0.25) is 5.02 Å². The Kier molecular flexibility index (Phi) is 6.24. The largest absolute Gasteiger partial charge is 0.303 e. The molecule has 0 spiro atoms. The molecule has 1 N–H and O–H groups in total. The number of hydrogen-bond donors (Lipinski definition) is 1. The first kappa shape index (κ1) is 18.8. The van der Waals surface area contributed by atoms with E-state index in [9.17, 15) is 9.59 Å². The van der Waals surface area contributed by atoms with Crippen molar-refractivity contribution in [3.63, 3.8) is 0 Å². The van der Waals surface area contributed by atoms with Gasteiger partial charge in [0.05, 0.1) is 11.5 Å². The number of Topliss-reactive ketones (excluding diaryl/α,β-unsaturated/α-hetero) is 1. The average Bonchev–Trinajstić information content (AvgIpc) is 2.97. The number of rotatable bonds is 5. The third-order valence-electron chi connectivity index (χ3n) is 3.54. The minimum atomic E-state index is -0.504. The molecule has 132 valence electrons. The fourth-order valence-corrected chi connectivity index (χ4v) is 3.52. The molecule has 1 heterocycles. The minimum absolute atomic E-state index is 0.0870. The van der Waals surface area contributed by atoms with Gasteiger partial charge in [-0.05, 0) is 29.8 Å². The van der Waals surface area contributed by atoms with Crippen LogP contribution in [0, 0.1) is 0 Å². The summed E-state index contributed by atoms with van der Waals surface area (Å²) in [6, 6.07) is 14.2. The smallest absolute Gasteiger partial charge is 0.240 e. The zero-order chi connectivity index (χ0) is 18.5. The van der Waals surface area contributed by atoms with Crippen LogP contribution in [-0.4, -0.2) is 28.3 Å². The van der Waals surface area contributed by atoms with Crippen LogP contribution in [0.4, 0.5) is 0 Å². The third-order valence-corrected chi connectivity index (χ3v) is 5.39. The highest BCUT2D eigenvalue weighted by Gasteiger charge is 2.32. The number of amides is 1. The molecule has 5 nitrogen and oxygen atoms in total. The molecule has 2 aromatic carbocycles. The predicted octanol–water partition coefficient (Wildman–Crippen LogP) is 4.30. The number of carbonyl (C=O) groups excluding carboxylic acids is 2. The maximum absolute atomic E-state index is 12.3. The maximum atomic E-state index is 12.3. The summed E-state index contributed by atoms with van der Waals surface area (Å²) >= 11 is 10.4. The number of ketones is 1. The first-order valence-electron chi connectivity index (χ1n) is 7.64. The van der Waals surface area contributed by atoms with Crippen molar-refractivity contribution in [2.24, 2.45) is 10.2 Å². The fourth-order valence-electron chi connectivity index (χ4n) is 2.21. The van der Waals surface area contributed by atoms with E-state index >= 15 is 0 Å². The van der Waals surface area contributed by atoms with Gasteiger partial charge in [-0.3, -0.25) is 9.59 Å². The molecule has 0 aliphatic carbocycles. The zero-order valence-corrected chi connectivity index (χ0v) is 16.5. The van der Waals surface area contributed by atoms with E-state index in [0.717, 1.165) is 10.0 Å². The summed E-state index contributed by atoms with van der Waals surface area (Å²) in [4.78, 5) is 24.3. The van der Waals surface area contributed by atoms with E-state index in [1.165, 1.54) is 11.8 Å². The Balaban J connectivity index is 1.60. The molecule has 0 bridgehead atoms. The van der Waals surface area contributed by atoms with Gasteiger partial charge in [-0.2, -0.15) is 5.10 Å². The van der Waals surface area contributed by atoms with E-state index in [4.69, 9.17) is 11.6 Å². The number of benzene rings is 2. The summed E-state index contributed by atoms with van der Waals surface area (Å²) in [5.74, 6) is -0.322. The lowest BCUT2D eigenvalue weighted by atomic mass is 10.1. The molecule has 26 heavy (non-hydrogen) atoms. The van der Waals surface area contributed by atoms with Gasteiger partial charge in [-0.25, -0.2) is 0 Å². The van der Waals surface area contributed by atoms with E-state index in [1.54, 1.807) is 42.6 Å². The van der Waals surface area contributed by atoms with Crippen LogP contribution in [0.15, 0.2) is 63.2 Å². The van der Waals surface area contributed by atoms with Gasteiger partial charge < -0.3 is 5.32 Å². The lowest BCUT2D eigenvalue weighted by molar-refractivity contribution is -0.118. The minimum Gasteiger partial charge on any atom is -0.303 e. The number of nitrogens with one attached hydrogen (secondary N) is 1. The molecule has 8 heteroatoms. The van der Waals surface area contributed by atoms with Crippen molar-refractivity contribution in [2.75, 3.05) is 0 Å². The molecular weight excluding hydrogens is 438 g/mol. The maximum Gasteiger partial charge on any atom is 0.240 e. The Morgan fingerprint density at radius 1 is 1.19 bits per heavy atom. The molecular formula is C18H13BrClN3O2S. The van der Waals surface area contributed by atoms with Crippen molar-refractivity contribution in [2.45, 2.75) is 11.7 Å². The first-order valence-corrected chi connectivity index (χ1v) is 9.69. The fraction of sp³-hybridized carbons (Fsp3) is 0.111. The van der Waals surface area contributed by atoms with E-state index in [2.05, 4.69) is 31.4 Å². The van der Waals surface area contributed by atoms with Crippen LogP contribution < -0.4 is 5.32 Å². The normalized spacial score (nSPS) is 18.5. The van der Waals surface area contributed by atoms with Crippen molar-refractivity contribution < 1.29 is 9.59 Å². The second-order valence-corrected chi connectivity index (χ2v) is 7.97. The molecule has 2 aromatic rings. The molecule has 3 rings (SSSR count). The Bertz CT molecular complexity index is 882. The number of hydrogen-bond acceptors (Lipinski definition) is 5. The highest BCUT2D eigenvalue weighted by atomic mass is 79.9. The zero-order valence-electron chi connectivity index (χ0n) is 13.4. The van der Waals surface area contributed by atoms with Crippen molar-refractivity contribution in [3.8, 4) is 0 Å². The Hall–Kier alpha value is -1.96. The standard InChI is InChI=1S/C18H13BrClN3O2S/c19-13-5-3-12(4-6-13)15(24)9-16-17(25)22-18(26-16)23-21-10-11-1-7-14(20)8-2-11/h1-8,10,16H,9H2,(H,22,23,25). The monoisotopic (exact) mass is 449 g/mol. The molecule has 1 unspecified atom stereocenters. The van der Waals surface area contributed by atoms with Gasteiger partial charge in [0.15, 0.2) is 11.0 Å². The van der Waals surface area contributed by atoms with Crippen LogP contribution in [0.3, 0.4) is 0 Å².